The number of halogens is 1. The van der Waals surface area contributed by atoms with E-state index < -0.39 is 0 Å². The van der Waals surface area contributed by atoms with E-state index in [0.717, 1.165) is 37.1 Å². The highest BCUT2D eigenvalue weighted by Crippen LogP contribution is 2.25. The maximum Gasteiger partial charge on any atom is 0.0669 e. The minimum atomic E-state index is 0.336. The fourth-order valence-electron chi connectivity index (χ4n) is 1.42. The van der Waals surface area contributed by atoms with E-state index in [1.807, 2.05) is 0 Å². The van der Waals surface area contributed by atoms with Crippen molar-refractivity contribution in [3.63, 3.8) is 0 Å². The Bertz CT molecular complexity index is 290. The van der Waals surface area contributed by atoms with Gasteiger partial charge in [-0.3, -0.25) is 0 Å². The Balaban J connectivity index is 2.49. The summed E-state index contributed by atoms with van der Waals surface area (Å²) in [5.74, 6) is 0. The molecule has 0 saturated carbocycles. The third-order valence-corrected chi connectivity index (χ3v) is 4.01. The van der Waals surface area contributed by atoms with Gasteiger partial charge in [0.1, 0.15) is 0 Å². The Labute approximate surface area is 111 Å². The number of rotatable bonds is 8. The molecule has 0 radical (unpaired) electrons. The Morgan fingerprint density at radius 3 is 2.81 bits per heavy atom. The first kappa shape index (κ1) is 14.2. The van der Waals surface area contributed by atoms with Crippen molar-refractivity contribution in [2.24, 2.45) is 0 Å². The van der Waals surface area contributed by atoms with Gasteiger partial charge in [-0.05, 0) is 41.4 Å². The van der Waals surface area contributed by atoms with Gasteiger partial charge in [-0.15, -0.1) is 11.3 Å². The van der Waals surface area contributed by atoms with Crippen LogP contribution in [0.2, 0.25) is 0 Å². The molecule has 0 amide bonds. The van der Waals surface area contributed by atoms with Crippen LogP contribution in [0.3, 0.4) is 0 Å². The van der Waals surface area contributed by atoms with Gasteiger partial charge in [0.25, 0.3) is 0 Å². The summed E-state index contributed by atoms with van der Waals surface area (Å²) in [5, 5.41) is 5.64. The number of hydrogen-bond donors (Lipinski definition) is 1. The Kier molecular flexibility index (Phi) is 7.28. The smallest absolute Gasteiger partial charge is 0.0669 e. The topological polar surface area (TPSA) is 21.3 Å². The lowest BCUT2D eigenvalue weighted by molar-refractivity contribution is 0.113. The minimum absolute atomic E-state index is 0.336. The average molecular weight is 306 g/mol. The fraction of sp³-hybridized carbons (Fsp3) is 0.667. The highest BCUT2D eigenvalue weighted by atomic mass is 79.9. The van der Waals surface area contributed by atoms with Crippen LogP contribution >= 0.6 is 27.3 Å². The van der Waals surface area contributed by atoms with E-state index in [1.165, 1.54) is 4.88 Å². The molecule has 92 valence electrons. The molecule has 2 nitrogen and oxygen atoms in total. The van der Waals surface area contributed by atoms with Crippen LogP contribution in [0.15, 0.2) is 15.9 Å². The first-order valence-electron chi connectivity index (χ1n) is 5.83. The van der Waals surface area contributed by atoms with Crippen molar-refractivity contribution in [3.8, 4) is 0 Å². The summed E-state index contributed by atoms with van der Waals surface area (Å²) < 4.78 is 6.79. The van der Waals surface area contributed by atoms with Gasteiger partial charge in [0.05, 0.1) is 12.6 Å². The molecule has 0 aliphatic heterocycles. The van der Waals surface area contributed by atoms with Crippen molar-refractivity contribution < 1.29 is 4.74 Å². The van der Waals surface area contributed by atoms with Crippen LogP contribution in [-0.4, -0.2) is 19.8 Å². The van der Waals surface area contributed by atoms with E-state index >= 15 is 0 Å². The molecule has 0 saturated heterocycles. The summed E-state index contributed by atoms with van der Waals surface area (Å²) in [5.41, 5.74) is 0. The molecule has 1 atom stereocenters. The van der Waals surface area contributed by atoms with Gasteiger partial charge in [-0.1, -0.05) is 13.8 Å². The normalized spacial score (nSPS) is 12.9. The first-order chi connectivity index (χ1) is 7.77. The second-order valence-corrected chi connectivity index (χ2v) is 5.61. The lowest BCUT2D eigenvalue weighted by atomic mass is 10.2. The maximum absolute atomic E-state index is 5.63. The van der Waals surface area contributed by atoms with Crippen molar-refractivity contribution in [1.29, 1.82) is 0 Å². The van der Waals surface area contributed by atoms with Crippen LogP contribution in [0.4, 0.5) is 0 Å². The molecular weight excluding hydrogens is 286 g/mol. The number of nitrogens with one attached hydrogen (secondary N) is 1. The van der Waals surface area contributed by atoms with Crippen LogP contribution < -0.4 is 5.32 Å². The second kappa shape index (κ2) is 8.23. The van der Waals surface area contributed by atoms with Crippen LogP contribution in [0.5, 0.6) is 0 Å². The number of hydrogen-bond acceptors (Lipinski definition) is 3. The summed E-state index contributed by atoms with van der Waals surface area (Å²) in [6.45, 7) is 6.96. The highest BCUT2D eigenvalue weighted by Gasteiger charge is 2.12. The molecule has 0 bridgehead atoms. The van der Waals surface area contributed by atoms with Crippen molar-refractivity contribution >= 4 is 27.3 Å². The Hall–Kier alpha value is 0.1000. The van der Waals surface area contributed by atoms with Crippen molar-refractivity contribution in [1.82, 2.24) is 5.32 Å². The van der Waals surface area contributed by atoms with Gasteiger partial charge < -0.3 is 10.1 Å². The monoisotopic (exact) mass is 305 g/mol. The predicted octanol–water partition coefficient (Wildman–Crippen LogP) is 3.98. The maximum atomic E-state index is 5.63. The molecule has 16 heavy (non-hydrogen) atoms. The molecule has 0 aliphatic carbocycles. The number of ether oxygens (including phenoxy) is 1. The van der Waals surface area contributed by atoms with Gasteiger partial charge in [0.2, 0.25) is 0 Å². The van der Waals surface area contributed by atoms with E-state index in [4.69, 9.17) is 4.74 Å². The standard InChI is InChI=1S/C12H20BrNOS/c1-3-5-14-11(8-15-6-4-2)12-7-10(13)9-16-12/h7,9,11,14H,3-6,8H2,1-2H3. The van der Waals surface area contributed by atoms with Gasteiger partial charge in [0.15, 0.2) is 0 Å². The number of thiophene rings is 1. The zero-order valence-electron chi connectivity index (χ0n) is 9.96. The molecular formula is C12H20BrNOS. The van der Waals surface area contributed by atoms with E-state index in [2.05, 4.69) is 46.5 Å². The van der Waals surface area contributed by atoms with Crippen molar-refractivity contribution in [2.45, 2.75) is 32.7 Å². The minimum Gasteiger partial charge on any atom is -0.379 e. The van der Waals surface area contributed by atoms with Crippen LogP contribution in [0.25, 0.3) is 0 Å². The quantitative estimate of drug-likeness (QED) is 0.734. The largest absolute Gasteiger partial charge is 0.379 e. The van der Waals surface area contributed by atoms with Gasteiger partial charge >= 0.3 is 0 Å². The van der Waals surface area contributed by atoms with E-state index in [0.29, 0.717) is 6.04 Å². The zero-order valence-corrected chi connectivity index (χ0v) is 12.4. The van der Waals surface area contributed by atoms with Crippen molar-refractivity contribution in [2.75, 3.05) is 19.8 Å². The Morgan fingerprint density at radius 1 is 1.44 bits per heavy atom. The summed E-state index contributed by atoms with van der Waals surface area (Å²) in [6, 6.07) is 2.51. The average Bonchev–Trinajstić information content (AvgIpc) is 2.70. The SMILES string of the molecule is CCCNC(COCCC)c1cc(Br)cs1. The molecule has 1 rings (SSSR count). The van der Waals surface area contributed by atoms with E-state index in [9.17, 15) is 0 Å². The summed E-state index contributed by atoms with van der Waals surface area (Å²) in [6.07, 6.45) is 2.23. The Morgan fingerprint density at radius 2 is 2.25 bits per heavy atom. The summed E-state index contributed by atoms with van der Waals surface area (Å²) >= 11 is 5.27. The molecule has 1 N–H and O–H groups in total. The molecule has 1 aromatic heterocycles. The lowest BCUT2D eigenvalue weighted by Crippen LogP contribution is -2.25. The van der Waals surface area contributed by atoms with E-state index in [1.54, 1.807) is 11.3 Å². The highest BCUT2D eigenvalue weighted by molar-refractivity contribution is 9.10. The van der Waals surface area contributed by atoms with Crippen LogP contribution in [-0.2, 0) is 4.74 Å². The second-order valence-electron chi connectivity index (χ2n) is 3.75. The summed E-state index contributed by atoms with van der Waals surface area (Å²) in [7, 11) is 0. The molecule has 0 aliphatic rings. The van der Waals surface area contributed by atoms with Crippen LogP contribution in [0.1, 0.15) is 37.6 Å². The van der Waals surface area contributed by atoms with Gasteiger partial charge in [-0.2, -0.15) is 0 Å². The zero-order chi connectivity index (χ0) is 11.8. The van der Waals surface area contributed by atoms with E-state index in [-0.39, 0.29) is 0 Å². The molecule has 1 heterocycles. The molecule has 1 aromatic rings. The molecule has 4 heteroatoms. The third kappa shape index (κ3) is 4.95. The lowest BCUT2D eigenvalue weighted by Gasteiger charge is -2.17. The third-order valence-electron chi connectivity index (χ3n) is 2.20. The first-order valence-corrected chi connectivity index (χ1v) is 7.50. The molecule has 0 fully saturated rings. The van der Waals surface area contributed by atoms with Gasteiger partial charge in [-0.25, -0.2) is 0 Å². The van der Waals surface area contributed by atoms with Crippen molar-refractivity contribution in [3.05, 3.63) is 20.8 Å². The fourth-order valence-corrected chi connectivity index (χ4v) is 2.92. The van der Waals surface area contributed by atoms with Gasteiger partial charge in [0, 0.05) is 21.3 Å². The summed E-state index contributed by atoms with van der Waals surface area (Å²) in [4.78, 5) is 1.34. The molecule has 0 spiro atoms. The molecule has 1 unspecified atom stereocenters. The molecule has 0 aromatic carbocycles. The van der Waals surface area contributed by atoms with Crippen LogP contribution in [0, 0.1) is 0 Å². The predicted molar refractivity (Wildman–Crippen MR) is 74.2 cm³/mol.